The van der Waals surface area contributed by atoms with Gasteiger partial charge in [0.25, 0.3) is 0 Å². The summed E-state index contributed by atoms with van der Waals surface area (Å²) in [5.41, 5.74) is 2.88. The zero-order chi connectivity index (χ0) is 15.5. The maximum atomic E-state index is 11.3. The van der Waals surface area contributed by atoms with Crippen LogP contribution in [-0.4, -0.2) is 27.7 Å². The van der Waals surface area contributed by atoms with Gasteiger partial charge >= 0.3 is 6.03 Å². The average Bonchev–Trinajstić information content (AvgIpc) is 2.96. The Morgan fingerprint density at radius 2 is 2.00 bits per heavy atom. The van der Waals surface area contributed by atoms with Gasteiger partial charge in [0.15, 0.2) is 11.5 Å². The van der Waals surface area contributed by atoms with Crippen LogP contribution in [-0.2, 0) is 0 Å². The quantitative estimate of drug-likeness (QED) is 0.755. The molecule has 0 saturated carbocycles. The monoisotopic (exact) mass is 292 g/mol. The van der Waals surface area contributed by atoms with E-state index >= 15 is 0 Å². The maximum absolute atomic E-state index is 11.3. The maximum Gasteiger partial charge on any atom is 0.320 e. The number of nitriles is 1. The van der Waals surface area contributed by atoms with Crippen molar-refractivity contribution in [3.8, 4) is 17.3 Å². The van der Waals surface area contributed by atoms with Gasteiger partial charge in [-0.25, -0.2) is 14.3 Å². The van der Waals surface area contributed by atoms with Crippen LogP contribution in [0.4, 0.5) is 10.6 Å². The minimum Gasteiger partial charge on any atom is -0.341 e. The molecule has 1 aromatic carbocycles. The number of imidazole rings is 1. The fourth-order valence-corrected chi connectivity index (χ4v) is 1.99. The third-order valence-corrected chi connectivity index (χ3v) is 3.10. The Morgan fingerprint density at radius 3 is 2.68 bits per heavy atom. The summed E-state index contributed by atoms with van der Waals surface area (Å²) in [5, 5.41) is 18.3. The first-order chi connectivity index (χ1) is 10.7. The highest BCUT2D eigenvalue weighted by molar-refractivity contribution is 5.88. The molecule has 0 spiro atoms. The predicted octanol–water partition coefficient (Wildman–Crippen LogP) is 2.02. The van der Waals surface area contributed by atoms with Crippen molar-refractivity contribution in [2.24, 2.45) is 0 Å². The molecular weight excluding hydrogens is 280 g/mol. The summed E-state index contributed by atoms with van der Waals surface area (Å²) in [4.78, 5) is 15.5. The van der Waals surface area contributed by atoms with Gasteiger partial charge in [-0.3, -0.25) is 5.32 Å². The smallest absolute Gasteiger partial charge is 0.320 e. The molecule has 0 atom stereocenters. The number of nitrogens with one attached hydrogen (secondary N) is 2. The van der Waals surface area contributed by atoms with E-state index in [1.54, 1.807) is 22.8 Å². The summed E-state index contributed by atoms with van der Waals surface area (Å²) in [6.45, 7) is 0. The van der Waals surface area contributed by atoms with E-state index in [4.69, 9.17) is 5.26 Å². The van der Waals surface area contributed by atoms with Crippen molar-refractivity contribution in [3.63, 3.8) is 0 Å². The Bertz CT molecular complexity index is 875. The van der Waals surface area contributed by atoms with Gasteiger partial charge in [-0.15, -0.1) is 0 Å². The lowest BCUT2D eigenvalue weighted by molar-refractivity contribution is 0.254. The van der Waals surface area contributed by atoms with Crippen LogP contribution in [0.2, 0.25) is 0 Å². The van der Waals surface area contributed by atoms with Gasteiger partial charge < -0.3 is 5.32 Å². The number of benzene rings is 1. The number of hydrogen-bond acceptors (Lipinski definition) is 4. The normalized spacial score (nSPS) is 10.2. The molecule has 0 radical (unpaired) electrons. The van der Waals surface area contributed by atoms with E-state index in [0.717, 1.165) is 11.3 Å². The van der Waals surface area contributed by atoms with E-state index < -0.39 is 0 Å². The molecule has 2 amide bonds. The van der Waals surface area contributed by atoms with Gasteiger partial charge in [0, 0.05) is 12.6 Å². The van der Waals surface area contributed by atoms with E-state index in [0.29, 0.717) is 17.0 Å². The Labute approximate surface area is 126 Å². The van der Waals surface area contributed by atoms with Crippen molar-refractivity contribution in [3.05, 3.63) is 48.2 Å². The van der Waals surface area contributed by atoms with E-state index in [9.17, 15) is 4.79 Å². The number of amides is 2. The van der Waals surface area contributed by atoms with Crippen molar-refractivity contribution in [1.29, 1.82) is 5.26 Å². The minimum atomic E-state index is -0.337. The van der Waals surface area contributed by atoms with Crippen LogP contribution in [0.15, 0.2) is 42.6 Å². The number of urea groups is 1. The molecule has 2 N–H and O–H groups in total. The highest BCUT2D eigenvalue weighted by Crippen LogP contribution is 2.18. The van der Waals surface area contributed by atoms with Crippen LogP contribution in [0.3, 0.4) is 0 Å². The molecule has 0 saturated heterocycles. The second-order valence-corrected chi connectivity index (χ2v) is 4.54. The number of nitrogens with zero attached hydrogens (tertiary/aromatic N) is 4. The Morgan fingerprint density at radius 1 is 1.23 bits per heavy atom. The lowest BCUT2D eigenvalue weighted by Crippen LogP contribution is -2.24. The summed E-state index contributed by atoms with van der Waals surface area (Å²) in [7, 11) is 1.53. The molecule has 2 aromatic heterocycles. The zero-order valence-corrected chi connectivity index (χ0v) is 11.7. The van der Waals surface area contributed by atoms with Crippen LogP contribution < -0.4 is 10.6 Å². The van der Waals surface area contributed by atoms with Crippen LogP contribution in [0.1, 0.15) is 5.56 Å². The molecule has 3 aromatic rings. The van der Waals surface area contributed by atoms with Crippen molar-refractivity contribution in [2.75, 3.05) is 12.4 Å². The van der Waals surface area contributed by atoms with Crippen molar-refractivity contribution >= 4 is 17.5 Å². The molecule has 0 aliphatic heterocycles. The van der Waals surface area contributed by atoms with Crippen molar-refractivity contribution in [2.45, 2.75) is 0 Å². The molecule has 0 bridgehead atoms. The Hall–Kier alpha value is -3.40. The first kappa shape index (κ1) is 13.6. The summed E-state index contributed by atoms with van der Waals surface area (Å²) in [6.07, 6.45) is 1.64. The van der Waals surface area contributed by atoms with E-state index in [-0.39, 0.29) is 6.03 Å². The topological polar surface area (TPSA) is 95.1 Å². The molecule has 0 aliphatic rings. The molecule has 108 valence electrons. The Balaban J connectivity index is 1.95. The van der Waals surface area contributed by atoms with Gasteiger partial charge in [-0.05, 0) is 24.3 Å². The summed E-state index contributed by atoms with van der Waals surface area (Å²) in [5.74, 6) is 0.420. The van der Waals surface area contributed by atoms with E-state index in [1.165, 1.54) is 7.05 Å². The third kappa shape index (κ3) is 2.58. The number of anilines is 1. The van der Waals surface area contributed by atoms with E-state index in [1.807, 2.05) is 24.3 Å². The fraction of sp³-hybridized carbons (Fsp3) is 0.0667. The lowest BCUT2D eigenvalue weighted by Gasteiger charge is -2.01. The van der Waals surface area contributed by atoms with Crippen molar-refractivity contribution < 1.29 is 4.79 Å². The van der Waals surface area contributed by atoms with Crippen LogP contribution >= 0.6 is 0 Å². The minimum absolute atomic E-state index is 0.337. The molecule has 7 nitrogen and oxygen atoms in total. The number of rotatable bonds is 2. The molecule has 7 heteroatoms. The average molecular weight is 292 g/mol. The summed E-state index contributed by atoms with van der Waals surface area (Å²) in [6, 6.07) is 12.6. The van der Waals surface area contributed by atoms with Crippen LogP contribution in [0, 0.1) is 11.3 Å². The van der Waals surface area contributed by atoms with Gasteiger partial charge in [-0.2, -0.15) is 10.4 Å². The first-order valence-corrected chi connectivity index (χ1v) is 6.55. The fourth-order valence-electron chi connectivity index (χ4n) is 1.99. The third-order valence-electron chi connectivity index (χ3n) is 3.10. The number of hydrogen-bond donors (Lipinski definition) is 2. The first-order valence-electron chi connectivity index (χ1n) is 6.55. The van der Waals surface area contributed by atoms with Gasteiger partial charge in [0.05, 0.1) is 23.5 Å². The number of carbonyl (C=O) groups excluding carboxylic acids is 1. The van der Waals surface area contributed by atoms with Gasteiger partial charge in [-0.1, -0.05) is 12.1 Å². The second-order valence-electron chi connectivity index (χ2n) is 4.54. The molecular formula is C15H12N6O. The van der Waals surface area contributed by atoms with Gasteiger partial charge in [0.1, 0.15) is 0 Å². The second kappa shape index (κ2) is 5.54. The van der Waals surface area contributed by atoms with Crippen LogP contribution in [0.25, 0.3) is 16.9 Å². The zero-order valence-electron chi connectivity index (χ0n) is 11.7. The number of carbonyl (C=O) groups is 1. The van der Waals surface area contributed by atoms with Crippen LogP contribution in [0.5, 0.6) is 0 Å². The number of aromatic nitrogens is 3. The van der Waals surface area contributed by atoms with Crippen molar-refractivity contribution in [1.82, 2.24) is 19.9 Å². The Kier molecular flexibility index (Phi) is 3.42. The van der Waals surface area contributed by atoms with Gasteiger partial charge in [0.2, 0.25) is 0 Å². The summed E-state index contributed by atoms with van der Waals surface area (Å²) >= 11 is 0. The molecule has 0 unspecified atom stereocenters. The highest BCUT2D eigenvalue weighted by Gasteiger charge is 2.07. The molecule has 0 fully saturated rings. The standard InChI is InChI=1S/C15H12N6O/c1-17-15(22)19-13-9-21-14(18-13)7-6-12(20-21)11-4-2-10(8-16)3-5-11/h2-7,9H,1H3,(H2,17,19,22). The molecule has 0 aliphatic carbocycles. The molecule has 3 rings (SSSR count). The lowest BCUT2D eigenvalue weighted by atomic mass is 10.1. The SMILES string of the molecule is CNC(=O)Nc1cn2nc(-c3ccc(C#N)cc3)ccc2n1. The summed E-state index contributed by atoms with van der Waals surface area (Å²) < 4.78 is 1.60. The molecule has 22 heavy (non-hydrogen) atoms. The largest absolute Gasteiger partial charge is 0.341 e. The highest BCUT2D eigenvalue weighted by atomic mass is 16.2. The van der Waals surface area contributed by atoms with E-state index in [2.05, 4.69) is 26.8 Å². The predicted molar refractivity (Wildman–Crippen MR) is 81.2 cm³/mol. The molecule has 2 heterocycles. The number of fused-ring (bicyclic) bond motifs is 1.